The van der Waals surface area contributed by atoms with E-state index in [0.29, 0.717) is 0 Å². The van der Waals surface area contributed by atoms with Gasteiger partial charge in [0.05, 0.1) is 4.88 Å². The van der Waals surface area contributed by atoms with Crippen LogP contribution in [0.15, 0.2) is 54.6 Å². The Bertz CT molecular complexity index is 922. The Kier molecular flexibility index (Phi) is 5.43. The largest absolute Gasteiger partial charge is 0.171 e. The molecular formula is C20H21ClS2Si2. The number of halogens is 1. The molecule has 0 radical (unpaired) electrons. The molecule has 0 bridgehead atoms. The molecule has 3 aromatic rings. The molecule has 3 rings (SSSR count). The first-order chi connectivity index (χ1) is 11.8. The zero-order chi connectivity index (χ0) is 18.1. The number of hydrogen-bond donors (Lipinski definition) is 0. The Morgan fingerprint density at radius 3 is 2.08 bits per heavy atom. The fourth-order valence-electron chi connectivity index (χ4n) is 2.29. The van der Waals surface area contributed by atoms with Crippen LogP contribution in [-0.4, -0.2) is 14.5 Å². The summed E-state index contributed by atoms with van der Waals surface area (Å²) in [7, 11) is -1.55. The molecule has 2 aromatic heterocycles. The molecule has 0 atom stereocenters. The van der Waals surface area contributed by atoms with E-state index in [0.717, 1.165) is 10.4 Å². The maximum atomic E-state index is 6.81. The topological polar surface area (TPSA) is 0 Å². The highest BCUT2D eigenvalue weighted by molar-refractivity contribution is 7.64. The van der Waals surface area contributed by atoms with Crippen LogP contribution in [0.1, 0.15) is 10.4 Å². The number of hydrogen-bond acceptors (Lipinski definition) is 2. The van der Waals surface area contributed by atoms with Crippen molar-refractivity contribution in [1.29, 1.82) is 0 Å². The summed E-state index contributed by atoms with van der Waals surface area (Å²) in [6, 6.07) is 19.0. The van der Waals surface area contributed by atoms with Crippen LogP contribution >= 0.6 is 33.8 Å². The molecule has 0 aliphatic rings. The van der Waals surface area contributed by atoms with E-state index < -0.39 is 14.5 Å². The summed E-state index contributed by atoms with van der Waals surface area (Å²) in [6.07, 6.45) is 0. The average Bonchev–Trinajstić information content (AvgIpc) is 3.22. The third kappa shape index (κ3) is 4.18. The molecule has 0 aliphatic heterocycles. The Hall–Kier alpha value is -1.10. The molecule has 0 aliphatic carbocycles. The van der Waals surface area contributed by atoms with Gasteiger partial charge in [-0.3, -0.25) is 0 Å². The van der Waals surface area contributed by atoms with Crippen LogP contribution in [-0.2, 0) is 0 Å². The molecule has 0 amide bonds. The lowest BCUT2D eigenvalue weighted by Crippen LogP contribution is -2.58. The zero-order valence-corrected chi connectivity index (χ0v) is 19.3. The minimum absolute atomic E-state index is 1.05. The van der Waals surface area contributed by atoms with Crippen molar-refractivity contribution in [2.75, 3.05) is 0 Å². The molecule has 0 fully saturated rings. The highest BCUT2D eigenvalue weighted by atomic mass is 35.6. The minimum atomic E-state index is -1.66. The van der Waals surface area contributed by atoms with Crippen LogP contribution in [0.4, 0.5) is 0 Å². The lowest BCUT2D eigenvalue weighted by molar-refractivity contribution is 1.65. The van der Waals surface area contributed by atoms with E-state index >= 15 is 0 Å². The molecule has 0 N–H and O–H groups in total. The lowest BCUT2D eigenvalue weighted by Gasteiger charge is -2.31. The first-order valence-electron chi connectivity index (χ1n) is 8.24. The summed E-state index contributed by atoms with van der Waals surface area (Å²) < 4.78 is 1.51. The van der Waals surface area contributed by atoms with Gasteiger partial charge in [-0.05, 0) is 34.8 Å². The molecule has 2 heterocycles. The van der Waals surface area contributed by atoms with E-state index in [4.69, 9.17) is 11.1 Å². The molecule has 0 saturated heterocycles. The van der Waals surface area contributed by atoms with Crippen molar-refractivity contribution in [3.8, 4) is 21.6 Å². The van der Waals surface area contributed by atoms with Crippen LogP contribution in [0.2, 0.25) is 26.2 Å². The van der Waals surface area contributed by atoms with Gasteiger partial charge in [0, 0.05) is 15.3 Å². The zero-order valence-electron chi connectivity index (χ0n) is 14.9. The second-order valence-electron chi connectivity index (χ2n) is 7.04. The molecule has 0 unspecified atom stereocenters. The molecule has 25 heavy (non-hydrogen) atoms. The number of rotatable bonds is 3. The lowest BCUT2D eigenvalue weighted by atomic mass is 10.2. The minimum Gasteiger partial charge on any atom is -0.171 e. The van der Waals surface area contributed by atoms with Crippen molar-refractivity contribution in [2.45, 2.75) is 26.2 Å². The van der Waals surface area contributed by atoms with Gasteiger partial charge in [0.1, 0.15) is 14.5 Å². The first kappa shape index (κ1) is 18.7. The summed E-state index contributed by atoms with van der Waals surface area (Å²) in [5.74, 6) is 6.51. The highest BCUT2D eigenvalue weighted by Crippen LogP contribution is 2.33. The first-order valence-corrected chi connectivity index (χ1v) is 17.9. The van der Waals surface area contributed by atoms with Crippen molar-refractivity contribution in [1.82, 2.24) is 0 Å². The molecule has 0 saturated carbocycles. The Morgan fingerprint density at radius 1 is 0.760 bits per heavy atom. The third-order valence-corrected chi connectivity index (χ3v) is 27.5. The quantitative estimate of drug-likeness (QED) is 0.266. The van der Waals surface area contributed by atoms with Gasteiger partial charge in [-0.15, -0.1) is 22.7 Å². The molecule has 0 spiro atoms. The van der Waals surface area contributed by atoms with E-state index in [1.807, 2.05) is 41.7 Å². The van der Waals surface area contributed by atoms with Crippen molar-refractivity contribution >= 4 is 52.7 Å². The fourth-order valence-corrected chi connectivity index (χ4v) is 12.6. The number of benzene rings is 1. The standard InChI is InChI=1S/C20H21ClS2Si2/c1-24(2,25(3,4)21)20-15-14-19(23-20)18-13-12-17(22-18)11-10-16-8-6-5-7-9-16/h5-9,12-15H,1-4H3. The summed E-state index contributed by atoms with van der Waals surface area (Å²) in [5.41, 5.74) is 1.05. The van der Waals surface area contributed by atoms with E-state index in [1.165, 1.54) is 14.3 Å². The summed E-state index contributed by atoms with van der Waals surface area (Å²) in [5, 5.41) is 0. The maximum absolute atomic E-state index is 6.81. The van der Waals surface area contributed by atoms with E-state index in [2.05, 4.69) is 62.3 Å². The van der Waals surface area contributed by atoms with Crippen molar-refractivity contribution < 1.29 is 0 Å². The van der Waals surface area contributed by atoms with Gasteiger partial charge in [0.2, 0.25) is 0 Å². The second kappa shape index (κ2) is 7.26. The van der Waals surface area contributed by atoms with Gasteiger partial charge in [-0.25, -0.2) is 0 Å². The van der Waals surface area contributed by atoms with Gasteiger partial charge in [0.25, 0.3) is 0 Å². The fraction of sp³-hybridized carbons (Fsp3) is 0.200. The molecule has 1 aromatic carbocycles. The molecule has 0 nitrogen and oxygen atoms in total. The van der Waals surface area contributed by atoms with Crippen LogP contribution in [0.25, 0.3) is 9.75 Å². The third-order valence-electron chi connectivity index (χ3n) is 4.66. The smallest absolute Gasteiger partial charge is 0.147 e. The van der Waals surface area contributed by atoms with Crippen molar-refractivity contribution in [2.24, 2.45) is 0 Å². The van der Waals surface area contributed by atoms with E-state index in [1.54, 1.807) is 11.3 Å². The summed E-state index contributed by atoms with van der Waals surface area (Å²) >= 11 is 10.5. The maximum Gasteiger partial charge on any atom is 0.147 e. The Balaban J connectivity index is 1.83. The number of thiophene rings is 2. The summed E-state index contributed by atoms with van der Waals surface area (Å²) in [4.78, 5) is 3.74. The van der Waals surface area contributed by atoms with Gasteiger partial charge in [-0.1, -0.05) is 62.3 Å². The van der Waals surface area contributed by atoms with Crippen molar-refractivity contribution in [3.05, 3.63) is 65.0 Å². The predicted molar refractivity (Wildman–Crippen MR) is 121 cm³/mol. The van der Waals surface area contributed by atoms with Crippen LogP contribution in [0, 0.1) is 11.8 Å². The van der Waals surface area contributed by atoms with Gasteiger partial charge < -0.3 is 0 Å². The predicted octanol–water partition coefficient (Wildman–Crippen LogP) is 6.31. The summed E-state index contributed by atoms with van der Waals surface area (Å²) in [6.45, 7) is 7.72. The van der Waals surface area contributed by atoms with Crippen LogP contribution < -0.4 is 4.50 Å². The van der Waals surface area contributed by atoms with Gasteiger partial charge >= 0.3 is 0 Å². The van der Waals surface area contributed by atoms with E-state index in [9.17, 15) is 0 Å². The van der Waals surface area contributed by atoms with Gasteiger partial charge in [-0.2, -0.15) is 11.1 Å². The Labute approximate surface area is 165 Å². The molecule has 128 valence electrons. The highest BCUT2D eigenvalue weighted by Gasteiger charge is 2.42. The van der Waals surface area contributed by atoms with Gasteiger partial charge in [0.15, 0.2) is 0 Å². The Morgan fingerprint density at radius 2 is 1.40 bits per heavy atom. The van der Waals surface area contributed by atoms with Crippen LogP contribution in [0.5, 0.6) is 0 Å². The molecular weight excluding hydrogens is 396 g/mol. The SMILES string of the molecule is C[Si](C)(Cl)[Si](C)(C)c1ccc(-c2ccc(C#Cc3ccccc3)s2)s1. The van der Waals surface area contributed by atoms with Crippen LogP contribution in [0.3, 0.4) is 0 Å². The van der Waals surface area contributed by atoms with E-state index in [-0.39, 0.29) is 0 Å². The molecule has 5 heteroatoms. The van der Waals surface area contributed by atoms with Crippen molar-refractivity contribution in [3.63, 3.8) is 0 Å². The normalized spacial score (nSPS) is 11.9. The second-order valence-corrected chi connectivity index (χ2v) is 27.6. The monoisotopic (exact) mass is 416 g/mol. The average molecular weight is 417 g/mol.